The van der Waals surface area contributed by atoms with Crippen molar-refractivity contribution in [3.8, 4) is 0 Å². The Bertz CT molecular complexity index is 341. The highest BCUT2D eigenvalue weighted by molar-refractivity contribution is 5.03. The number of hydrogen-bond donors (Lipinski definition) is 1. The summed E-state index contributed by atoms with van der Waals surface area (Å²) in [5.74, 6) is 1.32. The van der Waals surface area contributed by atoms with Crippen molar-refractivity contribution in [3.63, 3.8) is 0 Å². The summed E-state index contributed by atoms with van der Waals surface area (Å²) in [5, 5.41) is 9.30. The smallest absolute Gasteiger partial charge is 0.197 e. The summed E-state index contributed by atoms with van der Waals surface area (Å²) in [6.45, 7) is 7.37. The molecule has 0 spiro atoms. The average Bonchev–Trinajstić information content (AvgIpc) is 2.77. The molecule has 1 aromatic rings. The van der Waals surface area contributed by atoms with Gasteiger partial charge >= 0.3 is 0 Å². The fourth-order valence-electron chi connectivity index (χ4n) is 2.40. The van der Waals surface area contributed by atoms with Crippen molar-refractivity contribution < 1.29 is 9.52 Å². The topological polar surface area (TPSA) is 49.5 Å². The Kier molecular flexibility index (Phi) is 4.18. The van der Waals surface area contributed by atoms with Crippen molar-refractivity contribution in [2.24, 2.45) is 0 Å². The zero-order valence-electron chi connectivity index (χ0n) is 10.7. The van der Waals surface area contributed by atoms with Crippen LogP contribution in [0, 0.1) is 0 Å². The number of likely N-dealkylation sites (tertiary alicyclic amines) is 1. The fourth-order valence-corrected chi connectivity index (χ4v) is 2.40. The molecule has 1 aromatic heterocycles. The highest BCUT2D eigenvalue weighted by Crippen LogP contribution is 2.27. The lowest BCUT2D eigenvalue weighted by Gasteiger charge is -2.29. The molecule has 2 rings (SSSR count). The number of aliphatic hydroxyl groups is 1. The zero-order valence-corrected chi connectivity index (χ0v) is 10.7. The van der Waals surface area contributed by atoms with E-state index in [1.807, 2.05) is 0 Å². The molecule has 1 aliphatic rings. The quantitative estimate of drug-likeness (QED) is 0.869. The van der Waals surface area contributed by atoms with Gasteiger partial charge in [0.2, 0.25) is 0 Å². The summed E-state index contributed by atoms with van der Waals surface area (Å²) in [7, 11) is 0. The summed E-state index contributed by atoms with van der Waals surface area (Å²) in [6, 6.07) is 0. The molecule has 1 fully saturated rings. The van der Waals surface area contributed by atoms with Crippen molar-refractivity contribution >= 4 is 0 Å². The van der Waals surface area contributed by atoms with Crippen LogP contribution in [0.5, 0.6) is 0 Å². The van der Waals surface area contributed by atoms with Crippen LogP contribution in [0.15, 0.2) is 10.7 Å². The largest absolute Gasteiger partial charge is 0.448 e. The van der Waals surface area contributed by atoms with Gasteiger partial charge in [-0.25, -0.2) is 4.98 Å². The average molecular weight is 238 g/mol. The number of hydrogen-bond acceptors (Lipinski definition) is 4. The fraction of sp³-hybridized carbons (Fsp3) is 0.769. The van der Waals surface area contributed by atoms with Crippen LogP contribution in [-0.4, -0.2) is 40.7 Å². The summed E-state index contributed by atoms with van der Waals surface area (Å²) in [4.78, 5) is 6.93. The van der Waals surface area contributed by atoms with E-state index in [4.69, 9.17) is 4.42 Å². The molecule has 1 atom stereocenters. The SMILES string of the molecule is CCN1CCC(c2nc(CC(C)O)co2)CC1. The summed E-state index contributed by atoms with van der Waals surface area (Å²) >= 11 is 0. The van der Waals surface area contributed by atoms with E-state index >= 15 is 0 Å². The van der Waals surface area contributed by atoms with E-state index in [9.17, 15) is 5.11 Å². The molecule has 0 radical (unpaired) electrons. The maximum absolute atomic E-state index is 9.30. The molecule has 4 nitrogen and oxygen atoms in total. The minimum atomic E-state index is -0.352. The summed E-state index contributed by atoms with van der Waals surface area (Å²) < 4.78 is 5.53. The van der Waals surface area contributed by atoms with E-state index in [1.165, 1.54) is 0 Å². The first-order valence-electron chi connectivity index (χ1n) is 6.53. The lowest BCUT2D eigenvalue weighted by molar-refractivity contribution is 0.194. The third-order valence-corrected chi connectivity index (χ3v) is 3.46. The Balaban J connectivity index is 1.92. The van der Waals surface area contributed by atoms with Gasteiger partial charge in [0, 0.05) is 12.3 Å². The van der Waals surface area contributed by atoms with Gasteiger partial charge < -0.3 is 14.4 Å². The van der Waals surface area contributed by atoms with Gasteiger partial charge in [-0.05, 0) is 39.4 Å². The second-order valence-electron chi connectivity index (χ2n) is 4.94. The van der Waals surface area contributed by atoms with Gasteiger partial charge in [-0.15, -0.1) is 0 Å². The van der Waals surface area contributed by atoms with Crippen LogP contribution in [-0.2, 0) is 6.42 Å². The molecule has 0 bridgehead atoms. The van der Waals surface area contributed by atoms with Crippen molar-refractivity contribution in [1.82, 2.24) is 9.88 Å². The maximum atomic E-state index is 9.30. The monoisotopic (exact) mass is 238 g/mol. The third kappa shape index (κ3) is 3.30. The molecule has 1 N–H and O–H groups in total. The van der Waals surface area contributed by atoms with E-state index in [2.05, 4.69) is 16.8 Å². The Morgan fingerprint density at radius 1 is 1.53 bits per heavy atom. The van der Waals surface area contributed by atoms with Gasteiger partial charge in [-0.2, -0.15) is 0 Å². The Morgan fingerprint density at radius 2 is 2.24 bits per heavy atom. The molecule has 1 unspecified atom stereocenters. The molecular formula is C13H22N2O2. The highest BCUT2D eigenvalue weighted by atomic mass is 16.3. The molecule has 17 heavy (non-hydrogen) atoms. The van der Waals surface area contributed by atoms with Gasteiger partial charge in [-0.1, -0.05) is 6.92 Å². The zero-order chi connectivity index (χ0) is 12.3. The predicted octanol–water partition coefficient (Wildman–Crippen LogP) is 1.80. The maximum Gasteiger partial charge on any atom is 0.197 e. The molecular weight excluding hydrogens is 216 g/mol. The number of nitrogens with zero attached hydrogens (tertiary/aromatic N) is 2. The van der Waals surface area contributed by atoms with Crippen molar-refractivity contribution in [1.29, 1.82) is 0 Å². The Morgan fingerprint density at radius 3 is 2.82 bits per heavy atom. The standard InChI is InChI=1S/C13H22N2O2/c1-3-15-6-4-11(5-7-15)13-14-12(9-17-13)8-10(2)16/h9-11,16H,3-8H2,1-2H3. The summed E-state index contributed by atoms with van der Waals surface area (Å²) in [6.07, 6.45) is 4.17. The van der Waals surface area contributed by atoms with Crippen LogP contribution < -0.4 is 0 Å². The van der Waals surface area contributed by atoms with E-state index in [0.717, 1.165) is 44.1 Å². The van der Waals surface area contributed by atoms with E-state index < -0.39 is 0 Å². The van der Waals surface area contributed by atoms with E-state index in [0.29, 0.717) is 12.3 Å². The first-order valence-corrected chi connectivity index (χ1v) is 6.53. The lowest BCUT2D eigenvalue weighted by atomic mass is 9.97. The van der Waals surface area contributed by atoms with Crippen LogP contribution in [0.3, 0.4) is 0 Å². The molecule has 96 valence electrons. The van der Waals surface area contributed by atoms with Gasteiger partial charge in [0.1, 0.15) is 6.26 Å². The first-order chi connectivity index (χ1) is 8.19. The predicted molar refractivity (Wildman–Crippen MR) is 66.0 cm³/mol. The third-order valence-electron chi connectivity index (χ3n) is 3.46. The lowest BCUT2D eigenvalue weighted by Crippen LogP contribution is -2.32. The number of oxazole rings is 1. The first kappa shape index (κ1) is 12.6. The normalized spacial score (nSPS) is 20.6. The van der Waals surface area contributed by atoms with Crippen LogP contribution in [0.1, 0.15) is 44.2 Å². The van der Waals surface area contributed by atoms with Gasteiger partial charge in [0.25, 0.3) is 0 Å². The molecule has 0 aliphatic carbocycles. The second-order valence-corrected chi connectivity index (χ2v) is 4.94. The highest BCUT2D eigenvalue weighted by Gasteiger charge is 2.23. The minimum absolute atomic E-state index is 0.352. The molecule has 0 aromatic carbocycles. The molecule has 0 saturated carbocycles. The number of aliphatic hydroxyl groups excluding tert-OH is 1. The van der Waals surface area contributed by atoms with E-state index in [-0.39, 0.29) is 6.10 Å². The van der Waals surface area contributed by atoms with Gasteiger partial charge in [0.05, 0.1) is 11.8 Å². The minimum Gasteiger partial charge on any atom is -0.448 e. The van der Waals surface area contributed by atoms with Gasteiger partial charge in [-0.3, -0.25) is 0 Å². The molecule has 4 heteroatoms. The second kappa shape index (κ2) is 5.65. The van der Waals surface area contributed by atoms with Gasteiger partial charge in [0.15, 0.2) is 5.89 Å². The Hall–Kier alpha value is -0.870. The van der Waals surface area contributed by atoms with Crippen LogP contribution in [0.4, 0.5) is 0 Å². The van der Waals surface area contributed by atoms with Crippen LogP contribution in [0.2, 0.25) is 0 Å². The number of aromatic nitrogens is 1. The van der Waals surface area contributed by atoms with E-state index in [1.54, 1.807) is 13.2 Å². The van der Waals surface area contributed by atoms with Crippen LogP contribution in [0.25, 0.3) is 0 Å². The molecule has 1 aliphatic heterocycles. The number of rotatable bonds is 4. The van der Waals surface area contributed by atoms with Crippen molar-refractivity contribution in [2.45, 2.75) is 45.1 Å². The van der Waals surface area contributed by atoms with Crippen molar-refractivity contribution in [3.05, 3.63) is 17.8 Å². The molecule has 0 amide bonds. The molecule has 1 saturated heterocycles. The Labute approximate surface area is 103 Å². The van der Waals surface area contributed by atoms with Crippen LogP contribution >= 0.6 is 0 Å². The summed E-state index contributed by atoms with van der Waals surface area (Å²) in [5.41, 5.74) is 0.868. The number of piperidine rings is 1. The molecule has 2 heterocycles. The van der Waals surface area contributed by atoms with Crippen molar-refractivity contribution in [2.75, 3.05) is 19.6 Å².